The predicted molar refractivity (Wildman–Crippen MR) is 78.5 cm³/mol. The van der Waals surface area contributed by atoms with Crippen LogP contribution in [0, 0.1) is 5.92 Å². The second kappa shape index (κ2) is 8.06. The predicted octanol–water partition coefficient (Wildman–Crippen LogP) is 3.48. The van der Waals surface area contributed by atoms with E-state index in [0.717, 1.165) is 13.1 Å². The van der Waals surface area contributed by atoms with Crippen LogP contribution in [-0.4, -0.2) is 20.2 Å². The van der Waals surface area contributed by atoms with E-state index in [4.69, 9.17) is 4.74 Å². The van der Waals surface area contributed by atoms with E-state index in [0.29, 0.717) is 12.5 Å². The summed E-state index contributed by atoms with van der Waals surface area (Å²) in [5, 5.41) is 3.46. The summed E-state index contributed by atoms with van der Waals surface area (Å²) in [6.07, 6.45) is 2.24. The van der Waals surface area contributed by atoms with Crippen LogP contribution in [0.1, 0.15) is 31.9 Å². The topological polar surface area (TPSA) is 21.3 Å². The largest absolute Gasteiger partial charge is 0.380 e. The van der Waals surface area contributed by atoms with Crippen molar-refractivity contribution in [3.05, 3.63) is 41.0 Å². The fourth-order valence-corrected chi connectivity index (χ4v) is 1.84. The molecule has 0 unspecified atom stereocenters. The van der Waals surface area contributed by atoms with Crippen LogP contribution in [0.5, 0.6) is 0 Å². The number of nitrogens with one attached hydrogen (secondary N) is 1. The Kier molecular flexibility index (Phi) is 6.69. The Balaban J connectivity index is 2.63. The van der Waals surface area contributed by atoms with E-state index in [1.54, 1.807) is 7.11 Å². The number of benzene rings is 1. The van der Waals surface area contributed by atoms with E-state index in [-0.39, 0.29) is 0 Å². The van der Waals surface area contributed by atoms with Gasteiger partial charge in [0.1, 0.15) is 0 Å². The highest BCUT2D eigenvalue weighted by Gasteiger charge is 1.99. The Bertz CT molecular complexity index is 382. The Morgan fingerprint density at radius 1 is 1.33 bits per heavy atom. The van der Waals surface area contributed by atoms with Gasteiger partial charge in [-0.05, 0) is 30.5 Å². The van der Waals surface area contributed by atoms with Crippen LogP contribution in [0.4, 0.5) is 0 Å². The van der Waals surface area contributed by atoms with Crippen LogP contribution < -0.4 is 5.32 Å². The molecule has 2 nitrogen and oxygen atoms in total. The molecule has 0 bridgehead atoms. The summed E-state index contributed by atoms with van der Waals surface area (Å²) < 4.78 is 5.22. The van der Waals surface area contributed by atoms with Crippen LogP contribution >= 0.6 is 0 Å². The van der Waals surface area contributed by atoms with E-state index in [1.165, 1.54) is 16.7 Å². The SMILES string of the molecule is COCc1ccccc1C=C(C)CNCC(C)C. The van der Waals surface area contributed by atoms with Crippen LogP contribution in [-0.2, 0) is 11.3 Å². The van der Waals surface area contributed by atoms with Gasteiger partial charge in [-0.2, -0.15) is 0 Å². The van der Waals surface area contributed by atoms with Crippen LogP contribution in [0.3, 0.4) is 0 Å². The Hall–Kier alpha value is -1.12. The number of methoxy groups -OCH3 is 1. The van der Waals surface area contributed by atoms with Crippen molar-refractivity contribution in [3.8, 4) is 0 Å². The number of rotatable bonds is 7. The van der Waals surface area contributed by atoms with E-state index in [9.17, 15) is 0 Å². The van der Waals surface area contributed by atoms with Crippen LogP contribution in [0.25, 0.3) is 6.08 Å². The zero-order valence-electron chi connectivity index (χ0n) is 12.0. The first-order chi connectivity index (χ1) is 8.63. The average molecular weight is 247 g/mol. The minimum atomic E-state index is 0.666. The van der Waals surface area contributed by atoms with Gasteiger partial charge in [-0.3, -0.25) is 0 Å². The molecule has 100 valence electrons. The maximum absolute atomic E-state index is 5.22. The number of hydrogen-bond donors (Lipinski definition) is 1. The number of hydrogen-bond acceptors (Lipinski definition) is 2. The molecule has 2 heteroatoms. The van der Waals surface area contributed by atoms with Crippen molar-refractivity contribution in [2.75, 3.05) is 20.2 Å². The van der Waals surface area contributed by atoms with Gasteiger partial charge in [0.15, 0.2) is 0 Å². The molecule has 0 saturated carbocycles. The molecular weight excluding hydrogens is 222 g/mol. The molecule has 0 atom stereocenters. The molecule has 0 aromatic heterocycles. The quantitative estimate of drug-likeness (QED) is 0.796. The van der Waals surface area contributed by atoms with Gasteiger partial charge in [0.05, 0.1) is 6.61 Å². The summed E-state index contributed by atoms with van der Waals surface area (Å²) in [6, 6.07) is 8.38. The molecule has 0 aliphatic carbocycles. The standard InChI is InChI=1S/C16H25NO/c1-13(2)10-17-11-14(3)9-15-7-5-6-8-16(15)12-18-4/h5-9,13,17H,10-12H2,1-4H3. The normalized spacial score (nSPS) is 12.2. The lowest BCUT2D eigenvalue weighted by Gasteiger charge is -2.09. The first-order valence-electron chi connectivity index (χ1n) is 6.58. The van der Waals surface area contributed by atoms with Gasteiger partial charge in [0.2, 0.25) is 0 Å². The smallest absolute Gasteiger partial charge is 0.0718 e. The maximum Gasteiger partial charge on any atom is 0.0718 e. The molecule has 0 heterocycles. The highest BCUT2D eigenvalue weighted by molar-refractivity contribution is 5.56. The lowest BCUT2D eigenvalue weighted by molar-refractivity contribution is 0.184. The summed E-state index contributed by atoms with van der Waals surface area (Å²) in [6.45, 7) is 9.28. The third-order valence-electron chi connectivity index (χ3n) is 2.71. The molecule has 0 saturated heterocycles. The molecule has 1 N–H and O–H groups in total. The Morgan fingerprint density at radius 2 is 2.06 bits per heavy atom. The summed E-state index contributed by atoms with van der Waals surface area (Å²) >= 11 is 0. The van der Waals surface area contributed by atoms with Gasteiger partial charge < -0.3 is 10.1 Å². The molecule has 0 aliphatic rings. The monoisotopic (exact) mass is 247 g/mol. The molecule has 0 amide bonds. The van der Waals surface area contributed by atoms with Gasteiger partial charge in [0, 0.05) is 13.7 Å². The van der Waals surface area contributed by atoms with Gasteiger partial charge >= 0.3 is 0 Å². The second-order valence-corrected chi connectivity index (χ2v) is 5.15. The van der Waals surface area contributed by atoms with E-state index >= 15 is 0 Å². The van der Waals surface area contributed by atoms with E-state index < -0.39 is 0 Å². The third kappa shape index (κ3) is 5.48. The minimum Gasteiger partial charge on any atom is -0.380 e. The molecular formula is C16H25NO. The van der Waals surface area contributed by atoms with E-state index in [1.807, 2.05) is 0 Å². The van der Waals surface area contributed by atoms with Crippen molar-refractivity contribution in [1.82, 2.24) is 5.32 Å². The molecule has 1 aromatic rings. The average Bonchev–Trinajstić information content (AvgIpc) is 2.31. The summed E-state index contributed by atoms with van der Waals surface area (Å²) in [7, 11) is 1.73. The molecule has 0 fully saturated rings. The van der Waals surface area contributed by atoms with Crippen LogP contribution in [0.15, 0.2) is 29.8 Å². The van der Waals surface area contributed by atoms with Gasteiger partial charge in [-0.25, -0.2) is 0 Å². The van der Waals surface area contributed by atoms with Crippen molar-refractivity contribution in [2.24, 2.45) is 5.92 Å². The Labute approximate surface area is 111 Å². The first kappa shape index (κ1) is 14.9. The highest BCUT2D eigenvalue weighted by atomic mass is 16.5. The summed E-state index contributed by atoms with van der Waals surface area (Å²) in [4.78, 5) is 0. The van der Waals surface area contributed by atoms with Crippen molar-refractivity contribution in [2.45, 2.75) is 27.4 Å². The summed E-state index contributed by atoms with van der Waals surface area (Å²) in [5.41, 5.74) is 3.84. The van der Waals surface area contributed by atoms with Gasteiger partial charge in [-0.1, -0.05) is 49.8 Å². The van der Waals surface area contributed by atoms with Crippen molar-refractivity contribution in [3.63, 3.8) is 0 Å². The molecule has 0 radical (unpaired) electrons. The van der Waals surface area contributed by atoms with E-state index in [2.05, 4.69) is 56.4 Å². The fraction of sp³-hybridized carbons (Fsp3) is 0.500. The minimum absolute atomic E-state index is 0.666. The third-order valence-corrected chi connectivity index (χ3v) is 2.71. The van der Waals surface area contributed by atoms with Gasteiger partial charge in [-0.15, -0.1) is 0 Å². The van der Waals surface area contributed by atoms with Crippen LogP contribution in [0.2, 0.25) is 0 Å². The second-order valence-electron chi connectivity index (χ2n) is 5.15. The Morgan fingerprint density at radius 3 is 2.72 bits per heavy atom. The zero-order valence-corrected chi connectivity index (χ0v) is 12.0. The van der Waals surface area contributed by atoms with Crippen molar-refractivity contribution in [1.29, 1.82) is 0 Å². The fourth-order valence-electron chi connectivity index (χ4n) is 1.84. The molecule has 1 rings (SSSR count). The molecule has 0 aliphatic heterocycles. The molecule has 0 spiro atoms. The van der Waals surface area contributed by atoms with Gasteiger partial charge in [0.25, 0.3) is 0 Å². The molecule has 1 aromatic carbocycles. The number of ether oxygens (including phenoxy) is 1. The lowest BCUT2D eigenvalue weighted by Crippen LogP contribution is -2.21. The van der Waals surface area contributed by atoms with Crippen molar-refractivity contribution >= 4 is 6.08 Å². The van der Waals surface area contributed by atoms with Crippen molar-refractivity contribution < 1.29 is 4.74 Å². The lowest BCUT2D eigenvalue weighted by atomic mass is 10.1. The summed E-state index contributed by atoms with van der Waals surface area (Å²) in [5.74, 6) is 0.693. The zero-order chi connectivity index (χ0) is 13.4. The first-order valence-corrected chi connectivity index (χ1v) is 6.58. The molecule has 18 heavy (non-hydrogen) atoms. The highest BCUT2D eigenvalue weighted by Crippen LogP contribution is 2.13. The maximum atomic E-state index is 5.22.